The van der Waals surface area contributed by atoms with E-state index in [2.05, 4.69) is 5.32 Å². The molecule has 0 bridgehead atoms. The molecule has 0 spiro atoms. The third-order valence-corrected chi connectivity index (χ3v) is 2.94. The predicted octanol–water partition coefficient (Wildman–Crippen LogP) is 2.04. The van der Waals surface area contributed by atoms with Gasteiger partial charge in [0.05, 0.1) is 12.1 Å². The lowest BCUT2D eigenvalue weighted by molar-refractivity contribution is 0.0420. The van der Waals surface area contributed by atoms with Crippen molar-refractivity contribution in [1.29, 1.82) is 0 Å². The smallest absolute Gasteiger partial charge is 0.407 e. The molecule has 0 saturated carbocycles. The maximum atomic E-state index is 11.6. The van der Waals surface area contributed by atoms with E-state index in [0.29, 0.717) is 6.54 Å². The molecule has 0 radical (unpaired) electrons. The van der Waals surface area contributed by atoms with Crippen LogP contribution in [0.5, 0.6) is 0 Å². The summed E-state index contributed by atoms with van der Waals surface area (Å²) in [5.74, 6) is 0. The molecule has 1 aliphatic rings. The Morgan fingerprint density at radius 2 is 2.00 bits per heavy atom. The van der Waals surface area contributed by atoms with Gasteiger partial charge in [0.2, 0.25) is 0 Å². The van der Waals surface area contributed by atoms with Crippen LogP contribution < -0.4 is 5.32 Å². The average molecular weight is 258 g/mol. The second-order valence-electron chi connectivity index (χ2n) is 5.61. The molecule has 1 saturated heterocycles. The third kappa shape index (κ3) is 4.09. The van der Waals surface area contributed by atoms with Crippen molar-refractivity contribution in [3.8, 4) is 0 Å². The number of ether oxygens (including phenoxy) is 1. The van der Waals surface area contributed by atoms with Crippen LogP contribution in [-0.2, 0) is 4.74 Å². The van der Waals surface area contributed by atoms with Gasteiger partial charge in [-0.05, 0) is 40.5 Å². The molecule has 0 unspecified atom stereocenters. The summed E-state index contributed by atoms with van der Waals surface area (Å²) in [6, 6.07) is -0.423. The summed E-state index contributed by atoms with van der Waals surface area (Å²) < 4.78 is 5.17. The molecule has 0 aliphatic carbocycles. The van der Waals surface area contributed by atoms with Gasteiger partial charge in [0.15, 0.2) is 0 Å². The first-order chi connectivity index (χ1) is 8.20. The van der Waals surface area contributed by atoms with Crippen LogP contribution in [0.4, 0.5) is 9.59 Å². The summed E-state index contributed by atoms with van der Waals surface area (Å²) >= 11 is 0. The summed E-state index contributed by atoms with van der Waals surface area (Å²) in [6.07, 6.45) is 0.0752. The highest BCUT2D eigenvalue weighted by Crippen LogP contribution is 2.18. The normalized spacial score (nSPS) is 24.6. The highest BCUT2D eigenvalue weighted by Gasteiger charge is 2.32. The minimum atomic E-state index is -0.946. The van der Waals surface area contributed by atoms with E-state index < -0.39 is 17.8 Å². The van der Waals surface area contributed by atoms with Gasteiger partial charge in [-0.25, -0.2) is 9.59 Å². The molecular formula is C12H22N2O4. The van der Waals surface area contributed by atoms with E-state index >= 15 is 0 Å². The lowest BCUT2D eigenvalue weighted by Gasteiger charge is -2.38. The Labute approximate surface area is 107 Å². The number of amides is 2. The number of rotatable bonds is 1. The monoisotopic (exact) mass is 258 g/mol. The van der Waals surface area contributed by atoms with E-state index in [4.69, 9.17) is 9.84 Å². The minimum absolute atomic E-state index is 0.190. The van der Waals surface area contributed by atoms with Gasteiger partial charge in [-0.2, -0.15) is 0 Å². The first kappa shape index (κ1) is 14.6. The van der Waals surface area contributed by atoms with Crippen LogP contribution in [0.1, 0.15) is 40.5 Å². The minimum Gasteiger partial charge on any atom is -0.465 e. The summed E-state index contributed by atoms with van der Waals surface area (Å²) in [6.45, 7) is 7.69. The molecule has 18 heavy (non-hydrogen) atoms. The van der Waals surface area contributed by atoms with Gasteiger partial charge < -0.3 is 20.1 Å². The van der Waals surface area contributed by atoms with Crippen LogP contribution in [0.3, 0.4) is 0 Å². The van der Waals surface area contributed by atoms with Crippen molar-refractivity contribution < 1.29 is 19.4 Å². The summed E-state index contributed by atoms with van der Waals surface area (Å²) in [4.78, 5) is 24.0. The predicted molar refractivity (Wildman–Crippen MR) is 66.6 cm³/mol. The fourth-order valence-electron chi connectivity index (χ4n) is 2.07. The van der Waals surface area contributed by atoms with Crippen LogP contribution in [0.15, 0.2) is 0 Å². The zero-order valence-electron chi connectivity index (χ0n) is 11.4. The number of carbonyl (C=O) groups is 2. The Bertz CT molecular complexity index is 325. The topological polar surface area (TPSA) is 78.9 Å². The molecule has 104 valence electrons. The second kappa shape index (κ2) is 5.46. The number of nitrogens with zero attached hydrogens (tertiary/aromatic N) is 1. The van der Waals surface area contributed by atoms with Gasteiger partial charge in [0.1, 0.15) is 5.60 Å². The largest absolute Gasteiger partial charge is 0.465 e. The van der Waals surface area contributed by atoms with E-state index in [1.165, 1.54) is 4.90 Å². The van der Waals surface area contributed by atoms with Gasteiger partial charge in [0.25, 0.3) is 0 Å². The third-order valence-electron chi connectivity index (χ3n) is 2.94. The quantitative estimate of drug-likeness (QED) is 0.754. The first-order valence-electron chi connectivity index (χ1n) is 6.20. The zero-order valence-corrected chi connectivity index (χ0v) is 11.4. The van der Waals surface area contributed by atoms with Gasteiger partial charge in [0, 0.05) is 6.54 Å². The summed E-state index contributed by atoms with van der Waals surface area (Å²) in [5, 5.41) is 11.8. The van der Waals surface area contributed by atoms with E-state index in [-0.39, 0.29) is 12.1 Å². The zero-order chi connectivity index (χ0) is 13.9. The van der Waals surface area contributed by atoms with Crippen molar-refractivity contribution in [2.45, 2.75) is 58.2 Å². The Morgan fingerprint density at radius 3 is 2.50 bits per heavy atom. The molecule has 0 aromatic carbocycles. The molecular weight excluding hydrogens is 236 g/mol. The number of hydrogen-bond donors (Lipinski definition) is 2. The number of piperidine rings is 1. The Morgan fingerprint density at radius 1 is 1.39 bits per heavy atom. The lowest BCUT2D eigenvalue weighted by atomic mass is 9.98. The van der Waals surface area contributed by atoms with Crippen LogP contribution in [0.25, 0.3) is 0 Å². The number of likely N-dealkylation sites (tertiary alicyclic amines) is 1. The summed E-state index contributed by atoms with van der Waals surface area (Å²) in [7, 11) is 0. The van der Waals surface area contributed by atoms with Crippen LogP contribution in [0.2, 0.25) is 0 Å². The molecule has 2 atom stereocenters. The molecule has 0 aromatic rings. The SMILES string of the molecule is C[C@H]1[C@H](NC(=O)OC(C)(C)C)CCCN1C(=O)O. The molecule has 2 N–H and O–H groups in total. The van der Waals surface area contributed by atoms with Gasteiger partial charge in [-0.1, -0.05) is 0 Å². The Hall–Kier alpha value is -1.46. The van der Waals surface area contributed by atoms with Crippen LogP contribution in [0, 0.1) is 0 Å². The maximum Gasteiger partial charge on any atom is 0.407 e. The standard InChI is InChI=1S/C12H22N2O4/c1-8-9(6-5-7-14(8)11(16)17)13-10(15)18-12(2,3)4/h8-9H,5-7H2,1-4H3,(H,13,15)(H,16,17)/t8-,9+/m0/s1. The van der Waals surface area contributed by atoms with E-state index in [1.807, 2.05) is 0 Å². The highest BCUT2D eigenvalue weighted by atomic mass is 16.6. The number of alkyl carbamates (subject to hydrolysis) is 1. The molecule has 6 nitrogen and oxygen atoms in total. The lowest BCUT2D eigenvalue weighted by Crippen LogP contribution is -2.55. The van der Waals surface area contributed by atoms with E-state index in [0.717, 1.165) is 12.8 Å². The van der Waals surface area contributed by atoms with Crippen molar-refractivity contribution in [3.63, 3.8) is 0 Å². The van der Waals surface area contributed by atoms with Crippen molar-refractivity contribution in [1.82, 2.24) is 10.2 Å². The van der Waals surface area contributed by atoms with Crippen molar-refractivity contribution in [3.05, 3.63) is 0 Å². The number of nitrogens with one attached hydrogen (secondary N) is 1. The van der Waals surface area contributed by atoms with Crippen molar-refractivity contribution in [2.75, 3.05) is 6.54 Å². The molecule has 2 amide bonds. The fraction of sp³-hybridized carbons (Fsp3) is 0.833. The van der Waals surface area contributed by atoms with Crippen LogP contribution >= 0.6 is 0 Å². The van der Waals surface area contributed by atoms with Gasteiger partial charge in [-0.3, -0.25) is 0 Å². The molecule has 1 fully saturated rings. The highest BCUT2D eigenvalue weighted by molar-refractivity contribution is 5.69. The molecule has 1 aliphatic heterocycles. The Balaban J connectivity index is 2.56. The second-order valence-corrected chi connectivity index (χ2v) is 5.61. The van der Waals surface area contributed by atoms with Gasteiger partial charge >= 0.3 is 12.2 Å². The number of hydrogen-bond acceptors (Lipinski definition) is 3. The maximum absolute atomic E-state index is 11.6. The Kier molecular flexibility index (Phi) is 4.43. The summed E-state index contributed by atoms with van der Waals surface area (Å²) in [5.41, 5.74) is -0.547. The molecule has 1 rings (SSSR count). The van der Waals surface area contributed by atoms with Gasteiger partial charge in [-0.15, -0.1) is 0 Å². The van der Waals surface area contributed by atoms with E-state index in [9.17, 15) is 9.59 Å². The van der Waals surface area contributed by atoms with E-state index in [1.54, 1.807) is 27.7 Å². The number of carboxylic acid groups (broad SMARTS) is 1. The van der Waals surface area contributed by atoms with Crippen LogP contribution in [-0.4, -0.2) is 46.4 Å². The first-order valence-corrected chi connectivity index (χ1v) is 6.20. The fourth-order valence-corrected chi connectivity index (χ4v) is 2.07. The molecule has 0 aromatic heterocycles. The molecule has 6 heteroatoms. The van der Waals surface area contributed by atoms with Crippen molar-refractivity contribution in [2.24, 2.45) is 0 Å². The average Bonchev–Trinajstić information content (AvgIpc) is 2.17. The molecule has 1 heterocycles. The van der Waals surface area contributed by atoms with Crippen molar-refractivity contribution >= 4 is 12.2 Å². The number of carbonyl (C=O) groups excluding carboxylic acids is 1.